The fourth-order valence-electron chi connectivity index (χ4n) is 5.69. The number of nitrogens with zero attached hydrogens (tertiary/aromatic N) is 2. The van der Waals surface area contributed by atoms with E-state index in [9.17, 15) is 9.59 Å². The van der Waals surface area contributed by atoms with Crippen LogP contribution in [0.15, 0.2) is 30.3 Å². The van der Waals surface area contributed by atoms with Gasteiger partial charge in [-0.3, -0.25) is 9.59 Å². The molecule has 2 atom stereocenters. The summed E-state index contributed by atoms with van der Waals surface area (Å²) in [6, 6.07) is 10.6. The minimum absolute atomic E-state index is 0.170. The molecule has 2 amide bonds. The van der Waals surface area contributed by atoms with Gasteiger partial charge in [0.15, 0.2) is 0 Å². The Morgan fingerprint density at radius 1 is 0.759 bits per heavy atom. The lowest BCUT2D eigenvalue weighted by Gasteiger charge is -2.41. The van der Waals surface area contributed by atoms with E-state index in [1.165, 1.54) is 37.7 Å². The molecule has 0 bridgehead atoms. The van der Waals surface area contributed by atoms with Crippen LogP contribution in [-0.2, 0) is 16.0 Å². The number of carbonyl (C=O) groups is 2. The van der Waals surface area contributed by atoms with Gasteiger partial charge in [-0.15, -0.1) is 0 Å². The van der Waals surface area contributed by atoms with E-state index in [1.54, 1.807) is 0 Å². The predicted molar refractivity (Wildman–Crippen MR) is 115 cm³/mol. The van der Waals surface area contributed by atoms with Crippen molar-refractivity contribution in [1.82, 2.24) is 9.80 Å². The monoisotopic (exact) mass is 396 g/mol. The Bertz CT molecular complexity index is 681. The number of hydrogen-bond donors (Lipinski definition) is 0. The maximum Gasteiger partial charge on any atom is 0.223 e. The maximum absolute atomic E-state index is 12.7. The zero-order valence-electron chi connectivity index (χ0n) is 17.7. The van der Waals surface area contributed by atoms with Crippen molar-refractivity contribution in [2.45, 2.75) is 64.2 Å². The molecule has 0 spiro atoms. The lowest BCUT2D eigenvalue weighted by Crippen LogP contribution is -2.45. The van der Waals surface area contributed by atoms with E-state index in [1.807, 2.05) is 9.80 Å². The van der Waals surface area contributed by atoms with Crippen LogP contribution >= 0.6 is 0 Å². The summed E-state index contributed by atoms with van der Waals surface area (Å²) < 4.78 is 0. The summed E-state index contributed by atoms with van der Waals surface area (Å²) in [6.07, 6.45) is 10.5. The minimum Gasteiger partial charge on any atom is -0.343 e. The lowest BCUT2D eigenvalue weighted by atomic mass is 9.75. The largest absolute Gasteiger partial charge is 0.343 e. The Morgan fingerprint density at radius 2 is 1.38 bits per heavy atom. The lowest BCUT2D eigenvalue weighted by molar-refractivity contribution is -0.139. The third-order valence-electron chi connectivity index (χ3n) is 7.53. The summed E-state index contributed by atoms with van der Waals surface area (Å²) in [5.74, 6) is 2.58. The summed E-state index contributed by atoms with van der Waals surface area (Å²) in [5, 5.41) is 0. The van der Waals surface area contributed by atoms with E-state index >= 15 is 0 Å². The summed E-state index contributed by atoms with van der Waals surface area (Å²) in [6.45, 7) is 3.53. The number of fused-ring (bicyclic) bond motifs is 1. The third-order valence-corrected chi connectivity index (χ3v) is 7.53. The Balaban J connectivity index is 1.17. The molecular weight excluding hydrogens is 360 g/mol. The molecule has 1 aromatic rings. The van der Waals surface area contributed by atoms with Gasteiger partial charge in [0, 0.05) is 39.0 Å². The van der Waals surface area contributed by atoms with Gasteiger partial charge in [-0.05, 0) is 55.4 Å². The smallest absolute Gasteiger partial charge is 0.223 e. The second kappa shape index (κ2) is 9.77. The number of benzene rings is 1. The van der Waals surface area contributed by atoms with Crippen LogP contribution in [0.3, 0.4) is 0 Å². The molecule has 0 aromatic heterocycles. The van der Waals surface area contributed by atoms with Crippen LogP contribution in [0.25, 0.3) is 0 Å². The molecule has 29 heavy (non-hydrogen) atoms. The molecule has 2 aliphatic heterocycles. The second-order valence-corrected chi connectivity index (χ2v) is 9.45. The Morgan fingerprint density at radius 3 is 2.10 bits per heavy atom. The molecule has 2 saturated heterocycles. The number of amides is 2. The molecule has 158 valence electrons. The highest BCUT2D eigenvalue weighted by atomic mass is 16.2. The quantitative estimate of drug-likeness (QED) is 0.745. The van der Waals surface area contributed by atoms with Crippen molar-refractivity contribution < 1.29 is 9.59 Å². The van der Waals surface area contributed by atoms with Crippen molar-refractivity contribution in [1.29, 1.82) is 0 Å². The number of carbonyl (C=O) groups excluding carboxylic acids is 2. The first-order chi connectivity index (χ1) is 14.2. The van der Waals surface area contributed by atoms with E-state index in [-0.39, 0.29) is 11.8 Å². The van der Waals surface area contributed by atoms with Crippen molar-refractivity contribution in [3.05, 3.63) is 35.9 Å². The molecule has 3 fully saturated rings. The Kier molecular flexibility index (Phi) is 6.89. The van der Waals surface area contributed by atoms with E-state index in [0.29, 0.717) is 24.7 Å². The van der Waals surface area contributed by atoms with Crippen LogP contribution in [-0.4, -0.2) is 47.8 Å². The fraction of sp³-hybridized carbons (Fsp3) is 0.680. The standard InChI is InChI=1S/C25H36N2O2/c28-24(26-15-12-21(13-16-26)18-20-6-2-1-3-7-20)10-11-25(29)27-17-14-22-8-4-5-9-23(22)19-27/h1-3,6-7,21-23H,4-5,8-19H2. The highest BCUT2D eigenvalue weighted by molar-refractivity contribution is 5.84. The zero-order chi connectivity index (χ0) is 20.1. The van der Waals surface area contributed by atoms with Gasteiger partial charge in [-0.1, -0.05) is 49.6 Å². The molecule has 4 rings (SSSR count). The predicted octanol–water partition coefficient (Wildman–Crippen LogP) is 4.29. The Labute approximate surface area is 175 Å². The molecule has 2 heterocycles. The molecule has 0 N–H and O–H groups in total. The number of likely N-dealkylation sites (tertiary alicyclic amines) is 2. The van der Waals surface area contributed by atoms with E-state index in [4.69, 9.17) is 0 Å². The third kappa shape index (κ3) is 5.40. The normalized spacial score (nSPS) is 25.5. The maximum atomic E-state index is 12.7. The first kappa shape index (κ1) is 20.4. The summed E-state index contributed by atoms with van der Waals surface area (Å²) in [5.41, 5.74) is 1.39. The van der Waals surface area contributed by atoms with Gasteiger partial charge in [0.25, 0.3) is 0 Å². The van der Waals surface area contributed by atoms with Gasteiger partial charge in [0.1, 0.15) is 0 Å². The molecule has 1 aromatic carbocycles. The first-order valence-corrected chi connectivity index (χ1v) is 11.8. The summed E-state index contributed by atoms with van der Waals surface area (Å²) in [4.78, 5) is 29.3. The molecule has 4 heteroatoms. The highest BCUT2D eigenvalue weighted by Gasteiger charge is 2.33. The topological polar surface area (TPSA) is 40.6 Å². The van der Waals surface area contributed by atoms with Crippen molar-refractivity contribution in [3.63, 3.8) is 0 Å². The first-order valence-electron chi connectivity index (χ1n) is 11.8. The van der Waals surface area contributed by atoms with E-state index in [0.717, 1.165) is 51.4 Å². The zero-order valence-corrected chi connectivity index (χ0v) is 17.7. The van der Waals surface area contributed by atoms with Gasteiger partial charge in [0.2, 0.25) is 11.8 Å². The molecule has 1 saturated carbocycles. The fourth-order valence-corrected chi connectivity index (χ4v) is 5.69. The van der Waals surface area contributed by atoms with Crippen LogP contribution in [0.2, 0.25) is 0 Å². The van der Waals surface area contributed by atoms with Crippen LogP contribution in [0, 0.1) is 17.8 Å². The SMILES string of the molecule is O=C(CCC(=O)N1CCC2CCCCC2C1)N1CCC(Cc2ccccc2)CC1. The van der Waals surface area contributed by atoms with Crippen LogP contribution in [0.5, 0.6) is 0 Å². The average Bonchev–Trinajstić information content (AvgIpc) is 2.78. The van der Waals surface area contributed by atoms with Crippen LogP contribution in [0.1, 0.15) is 63.4 Å². The van der Waals surface area contributed by atoms with Crippen molar-refractivity contribution in [3.8, 4) is 0 Å². The molecule has 4 nitrogen and oxygen atoms in total. The van der Waals surface area contributed by atoms with Gasteiger partial charge in [-0.2, -0.15) is 0 Å². The van der Waals surface area contributed by atoms with Gasteiger partial charge >= 0.3 is 0 Å². The number of hydrogen-bond acceptors (Lipinski definition) is 2. The second-order valence-electron chi connectivity index (χ2n) is 9.45. The minimum atomic E-state index is 0.170. The van der Waals surface area contributed by atoms with Crippen molar-refractivity contribution in [2.24, 2.45) is 17.8 Å². The molecule has 1 aliphatic carbocycles. The summed E-state index contributed by atoms with van der Waals surface area (Å²) in [7, 11) is 0. The van der Waals surface area contributed by atoms with Crippen LogP contribution < -0.4 is 0 Å². The van der Waals surface area contributed by atoms with Gasteiger partial charge in [-0.25, -0.2) is 0 Å². The van der Waals surface area contributed by atoms with E-state index < -0.39 is 0 Å². The molecule has 0 radical (unpaired) electrons. The van der Waals surface area contributed by atoms with E-state index in [2.05, 4.69) is 30.3 Å². The number of piperidine rings is 2. The summed E-state index contributed by atoms with van der Waals surface area (Å²) >= 11 is 0. The highest BCUT2D eigenvalue weighted by Crippen LogP contribution is 2.36. The van der Waals surface area contributed by atoms with Crippen molar-refractivity contribution >= 4 is 11.8 Å². The molecule has 3 aliphatic rings. The van der Waals surface area contributed by atoms with Crippen molar-refractivity contribution in [2.75, 3.05) is 26.2 Å². The van der Waals surface area contributed by atoms with Gasteiger partial charge in [0.05, 0.1) is 0 Å². The average molecular weight is 397 g/mol. The Hall–Kier alpha value is -1.84. The molecular formula is C25H36N2O2. The molecule has 2 unspecified atom stereocenters. The number of rotatable bonds is 5. The van der Waals surface area contributed by atoms with Gasteiger partial charge < -0.3 is 9.80 Å². The van der Waals surface area contributed by atoms with Crippen LogP contribution in [0.4, 0.5) is 0 Å².